The average Bonchev–Trinajstić information content (AvgIpc) is 2.85. The van der Waals surface area contributed by atoms with Crippen LogP contribution in [0.2, 0.25) is 0 Å². The molecule has 1 aliphatic heterocycles. The number of amides is 1. The molecular weight excluding hydrogens is 268 g/mol. The molecule has 1 saturated heterocycles. The summed E-state index contributed by atoms with van der Waals surface area (Å²) in [4.78, 5) is 24.8. The number of nitrogens with one attached hydrogen (secondary N) is 1. The number of aliphatic carboxylic acids is 1. The zero-order valence-corrected chi connectivity index (χ0v) is 12.3. The summed E-state index contributed by atoms with van der Waals surface area (Å²) in [6.07, 6.45) is 1.05. The molecule has 1 fully saturated rings. The van der Waals surface area contributed by atoms with Crippen molar-refractivity contribution in [2.75, 3.05) is 19.6 Å². The van der Waals surface area contributed by atoms with E-state index < -0.39 is 5.97 Å². The molecule has 5 nitrogen and oxygen atoms in total. The Morgan fingerprint density at radius 3 is 2.76 bits per heavy atom. The third kappa shape index (κ3) is 4.86. The van der Waals surface area contributed by atoms with Crippen LogP contribution in [0.25, 0.3) is 0 Å². The fourth-order valence-electron chi connectivity index (χ4n) is 2.79. The number of rotatable bonds is 6. The summed E-state index contributed by atoms with van der Waals surface area (Å²) in [6.45, 7) is 3.79. The summed E-state index contributed by atoms with van der Waals surface area (Å²) >= 11 is 0. The molecule has 0 saturated carbocycles. The lowest BCUT2D eigenvalue weighted by Crippen LogP contribution is -2.37. The van der Waals surface area contributed by atoms with E-state index in [4.69, 9.17) is 5.11 Å². The van der Waals surface area contributed by atoms with E-state index in [0.29, 0.717) is 13.1 Å². The Kier molecular flexibility index (Phi) is 5.33. The van der Waals surface area contributed by atoms with Crippen LogP contribution in [-0.2, 0) is 9.59 Å². The van der Waals surface area contributed by atoms with Crippen LogP contribution in [0.4, 0.5) is 0 Å². The maximum atomic E-state index is 12.0. The third-order valence-electron chi connectivity index (χ3n) is 3.88. The molecule has 0 aliphatic carbocycles. The number of hydrogen-bond donors (Lipinski definition) is 2. The van der Waals surface area contributed by atoms with Crippen molar-refractivity contribution in [2.45, 2.75) is 25.8 Å². The van der Waals surface area contributed by atoms with Crippen molar-refractivity contribution in [3.05, 3.63) is 35.9 Å². The van der Waals surface area contributed by atoms with Crippen molar-refractivity contribution < 1.29 is 14.7 Å². The quantitative estimate of drug-likeness (QED) is 0.836. The van der Waals surface area contributed by atoms with E-state index >= 15 is 0 Å². The van der Waals surface area contributed by atoms with Gasteiger partial charge in [-0.3, -0.25) is 14.5 Å². The monoisotopic (exact) mass is 290 g/mol. The van der Waals surface area contributed by atoms with Gasteiger partial charge in [-0.1, -0.05) is 30.3 Å². The van der Waals surface area contributed by atoms with Crippen molar-refractivity contribution in [3.63, 3.8) is 0 Å². The van der Waals surface area contributed by atoms with Gasteiger partial charge in [0.2, 0.25) is 5.91 Å². The first-order valence-electron chi connectivity index (χ1n) is 7.33. The minimum atomic E-state index is -0.760. The van der Waals surface area contributed by atoms with E-state index in [1.807, 2.05) is 42.2 Å². The molecular formula is C16H22N2O3. The molecule has 5 heteroatoms. The highest BCUT2D eigenvalue weighted by atomic mass is 16.4. The maximum Gasteiger partial charge on any atom is 0.303 e. The molecule has 114 valence electrons. The zero-order valence-electron chi connectivity index (χ0n) is 12.3. The number of carbonyl (C=O) groups excluding carboxylic acids is 1. The van der Waals surface area contributed by atoms with Crippen molar-refractivity contribution in [2.24, 2.45) is 5.92 Å². The van der Waals surface area contributed by atoms with Gasteiger partial charge in [-0.05, 0) is 31.4 Å². The molecule has 0 spiro atoms. The number of carboxylic acids is 1. The lowest BCUT2D eigenvalue weighted by atomic mass is 10.1. The fraction of sp³-hybridized carbons (Fsp3) is 0.500. The smallest absolute Gasteiger partial charge is 0.303 e. The van der Waals surface area contributed by atoms with Crippen molar-refractivity contribution in [1.82, 2.24) is 10.2 Å². The first-order chi connectivity index (χ1) is 10.0. The van der Waals surface area contributed by atoms with Gasteiger partial charge in [-0.25, -0.2) is 0 Å². The molecule has 1 aliphatic rings. The minimum Gasteiger partial charge on any atom is -0.481 e. The number of benzene rings is 1. The second kappa shape index (κ2) is 7.22. The van der Waals surface area contributed by atoms with Crippen LogP contribution in [0.5, 0.6) is 0 Å². The largest absolute Gasteiger partial charge is 0.481 e. The van der Waals surface area contributed by atoms with Gasteiger partial charge in [-0.2, -0.15) is 0 Å². The van der Waals surface area contributed by atoms with E-state index in [-0.39, 0.29) is 24.3 Å². The summed E-state index contributed by atoms with van der Waals surface area (Å²) in [5.41, 5.74) is 1.08. The number of nitrogens with zero attached hydrogens (tertiary/aromatic N) is 1. The van der Waals surface area contributed by atoms with E-state index in [2.05, 4.69) is 5.32 Å². The highest BCUT2D eigenvalue weighted by Crippen LogP contribution is 2.19. The molecule has 2 unspecified atom stereocenters. The second-order valence-electron chi connectivity index (χ2n) is 5.69. The Morgan fingerprint density at radius 1 is 1.38 bits per heavy atom. The molecule has 21 heavy (non-hydrogen) atoms. The minimum absolute atomic E-state index is 0.0117. The zero-order chi connectivity index (χ0) is 15.2. The molecule has 2 atom stereocenters. The Labute approximate surface area is 125 Å². The molecule has 1 aromatic rings. The highest BCUT2D eigenvalue weighted by molar-refractivity contribution is 5.78. The highest BCUT2D eigenvalue weighted by Gasteiger charge is 2.25. The molecule has 1 heterocycles. The summed E-state index contributed by atoms with van der Waals surface area (Å²) in [7, 11) is 0. The van der Waals surface area contributed by atoms with E-state index in [0.717, 1.165) is 18.5 Å². The number of likely N-dealkylation sites (tertiary alicyclic amines) is 1. The van der Waals surface area contributed by atoms with Gasteiger partial charge in [0.25, 0.3) is 0 Å². The van der Waals surface area contributed by atoms with Crippen LogP contribution in [0.15, 0.2) is 30.3 Å². The maximum absolute atomic E-state index is 12.0. The van der Waals surface area contributed by atoms with Gasteiger partial charge in [0.05, 0.1) is 12.6 Å². The first kappa shape index (κ1) is 15.5. The standard InChI is InChI=1S/C16H22N2O3/c1-12(14-5-3-2-4-6-14)17-15(19)11-18-8-7-13(10-18)9-16(20)21/h2-6,12-13H,7-11H2,1H3,(H,17,19)(H,20,21). The van der Waals surface area contributed by atoms with Crippen molar-refractivity contribution in [3.8, 4) is 0 Å². The molecule has 0 aromatic heterocycles. The Morgan fingerprint density at radius 2 is 2.10 bits per heavy atom. The van der Waals surface area contributed by atoms with Crippen LogP contribution in [0, 0.1) is 5.92 Å². The number of carboxylic acid groups (broad SMARTS) is 1. The van der Waals surface area contributed by atoms with Gasteiger partial charge >= 0.3 is 5.97 Å². The van der Waals surface area contributed by atoms with E-state index in [1.54, 1.807) is 0 Å². The van der Waals surface area contributed by atoms with Gasteiger partial charge in [0.15, 0.2) is 0 Å². The van der Waals surface area contributed by atoms with Crippen molar-refractivity contribution in [1.29, 1.82) is 0 Å². The molecule has 1 aromatic carbocycles. The van der Waals surface area contributed by atoms with E-state index in [9.17, 15) is 9.59 Å². The normalized spacial score (nSPS) is 20.1. The first-order valence-corrected chi connectivity index (χ1v) is 7.33. The topological polar surface area (TPSA) is 69.6 Å². The lowest BCUT2D eigenvalue weighted by Gasteiger charge is -2.18. The summed E-state index contributed by atoms with van der Waals surface area (Å²) < 4.78 is 0. The molecule has 0 bridgehead atoms. The second-order valence-corrected chi connectivity index (χ2v) is 5.69. The van der Waals surface area contributed by atoms with Crippen LogP contribution in [0.3, 0.4) is 0 Å². The average molecular weight is 290 g/mol. The molecule has 0 radical (unpaired) electrons. The SMILES string of the molecule is CC(NC(=O)CN1CCC(CC(=O)O)C1)c1ccccc1. The number of carbonyl (C=O) groups is 2. The summed E-state index contributed by atoms with van der Waals surface area (Å²) in [5, 5.41) is 11.8. The van der Waals surface area contributed by atoms with Crippen LogP contribution in [-0.4, -0.2) is 41.5 Å². The summed E-state index contributed by atoms with van der Waals surface area (Å²) in [5.74, 6) is -0.604. The van der Waals surface area contributed by atoms with Gasteiger partial charge in [0.1, 0.15) is 0 Å². The third-order valence-corrected chi connectivity index (χ3v) is 3.88. The van der Waals surface area contributed by atoms with Gasteiger partial charge in [0, 0.05) is 13.0 Å². The Bertz CT molecular complexity index is 490. The Hall–Kier alpha value is -1.88. The van der Waals surface area contributed by atoms with Crippen LogP contribution < -0.4 is 5.32 Å². The van der Waals surface area contributed by atoms with Crippen LogP contribution in [0.1, 0.15) is 31.4 Å². The van der Waals surface area contributed by atoms with Gasteiger partial charge < -0.3 is 10.4 Å². The summed E-state index contributed by atoms with van der Waals surface area (Å²) in [6, 6.07) is 9.82. The Balaban J connectivity index is 1.76. The van der Waals surface area contributed by atoms with E-state index in [1.165, 1.54) is 0 Å². The number of hydrogen-bond acceptors (Lipinski definition) is 3. The van der Waals surface area contributed by atoms with Crippen molar-refractivity contribution >= 4 is 11.9 Å². The van der Waals surface area contributed by atoms with Gasteiger partial charge in [-0.15, -0.1) is 0 Å². The predicted molar refractivity (Wildman–Crippen MR) is 79.8 cm³/mol. The molecule has 1 amide bonds. The molecule has 2 N–H and O–H groups in total. The fourth-order valence-corrected chi connectivity index (χ4v) is 2.79. The molecule has 2 rings (SSSR count). The van der Waals surface area contributed by atoms with Crippen LogP contribution >= 0.6 is 0 Å². The lowest BCUT2D eigenvalue weighted by molar-refractivity contribution is -0.138. The predicted octanol–water partition coefficient (Wildman–Crippen LogP) is 1.66.